The maximum Gasteiger partial charge on any atom is 0.253 e. The molecular weight excluding hydrogens is 338 g/mol. The van der Waals surface area contributed by atoms with E-state index in [0.29, 0.717) is 11.6 Å². The van der Waals surface area contributed by atoms with Crippen molar-refractivity contribution in [3.63, 3.8) is 0 Å². The summed E-state index contributed by atoms with van der Waals surface area (Å²) in [5, 5.41) is 3.72. The van der Waals surface area contributed by atoms with Crippen molar-refractivity contribution in [1.29, 1.82) is 0 Å². The van der Waals surface area contributed by atoms with Crippen molar-refractivity contribution in [2.75, 3.05) is 19.7 Å². The number of piperidine rings is 1. The smallest absolute Gasteiger partial charge is 0.253 e. The average Bonchev–Trinajstić information content (AvgIpc) is 2.73. The highest BCUT2D eigenvalue weighted by Gasteiger charge is 2.25. The maximum atomic E-state index is 12.6. The van der Waals surface area contributed by atoms with Crippen LogP contribution in [0.25, 0.3) is 0 Å². The monoisotopic (exact) mass is 367 g/mol. The molecule has 1 fully saturated rings. The number of pyridine rings is 1. The standard InChI is InChI=1S/C22H29N3O2/c1-3-16-27-21-7-5-4-6-20(21)17(2)24-19-10-14-25(15-11-19)22(26)18-8-12-23-13-9-18/h4-9,12-13,17,19,24H,3,10-11,14-16H2,1-2H3. The van der Waals surface area contributed by atoms with Crippen molar-refractivity contribution < 1.29 is 9.53 Å². The van der Waals surface area contributed by atoms with E-state index in [2.05, 4.69) is 36.3 Å². The third-order valence-electron chi connectivity index (χ3n) is 5.04. The predicted molar refractivity (Wildman–Crippen MR) is 107 cm³/mol. The lowest BCUT2D eigenvalue weighted by atomic mass is 10.0. The van der Waals surface area contributed by atoms with Gasteiger partial charge < -0.3 is 15.0 Å². The normalized spacial score (nSPS) is 16.1. The minimum atomic E-state index is 0.0993. The van der Waals surface area contributed by atoms with Crippen LogP contribution in [0.3, 0.4) is 0 Å². The molecule has 1 atom stereocenters. The number of benzene rings is 1. The van der Waals surface area contributed by atoms with Crippen molar-refractivity contribution in [3.05, 3.63) is 59.9 Å². The van der Waals surface area contributed by atoms with Gasteiger partial charge in [0.25, 0.3) is 5.91 Å². The molecule has 0 radical (unpaired) electrons. The van der Waals surface area contributed by atoms with E-state index in [9.17, 15) is 4.79 Å². The molecule has 3 rings (SSSR count). The van der Waals surface area contributed by atoms with Crippen LogP contribution in [0, 0.1) is 0 Å². The van der Waals surface area contributed by atoms with Gasteiger partial charge in [-0.15, -0.1) is 0 Å². The summed E-state index contributed by atoms with van der Waals surface area (Å²) in [6, 6.07) is 12.4. The van der Waals surface area contributed by atoms with E-state index in [4.69, 9.17) is 4.74 Å². The quantitative estimate of drug-likeness (QED) is 0.808. The van der Waals surface area contributed by atoms with Crippen LogP contribution in [0.4, 0.5) is 0 Å². The highest BCUT2D eigenvalue weighted by atomic mass is 16.5. The van der Waals surface area contributed by atoms with Gasteiger partial charge in [-0.1, -0.05) is 25.1 Å². The number of carbonyl (C=O) groups is 1. The molecular formula is C22H29N3O2. The lowest BCUT2D eigenvalue weighted by Gasteiger charge is -2.34. The molecule has 2 heterocycles. The number of hydrogen-bond donors (Lipinski definition) is 1. The molecule has 0 saturated carbocycles. The van der Waals surface area contributed by atoms with Crippen LogP contribution in [0.5, 0.6) is 5.75 Å². The van der Waals surface area contributed by atoms with Gasteiger partial charge in [-0.3, -0.25) is 9.78 Å². The van der Waals surface area contributed by atoms with Gasteiger partial charge in [0.15, 0.2) is 0 Å². The van der Waals surface area contributed by atoms with Gasteiger partial charge in [-0.05, 0) is 44.4 Å². The van der Waals surface area contributed by atoms with E-state index < -0.39 is 0 Å². The number of carbonyl (C=O) groups excluding carboxylic acids is 1. The summed E-state index contributed by atoms with van der Waals surface area (Å²) in [5.74, 6) is 1.06. The van der Waals surface area contributed by atoms with Crippen molar-refractivity contribution in [3.8, 4) is 5.75 Å². The first-order valence-corrected chi connectivity index (χ1v) is 9.86. The molecule has 1 aliphatic rings. The van der Waals surface area contributed by atoms with E-state index in [-0.39, 0.29) is 11.9 Å². The lowest BCUT2D eigenvalue weighted by molar-refractivity contribution is 0.0702. The van der Waals surface area contributed by atoms with Crippen molar-refractivity contribution >= 4 is 5.91 Å². The van der Waals surface area contributed by atoms with Crippen LogP contribution in [0.1, 0.15) is 55.1 Å². The molecule has 1 amide bonds. The molecule has 27 heavy (non-hydrogen) atoms. The zero-order valence-electron chi connectivity index (χ0n) is 16.2. The highest BCUT2D eigenvalue weighted by Crippen LogP contribution is 2.26. The van der Waals surface area contributed by atoms with Gasteiger partial charge >= 0.3 is 0 Å². The highest BCUT2D eigenvalue weighted by molar-refractivity contribution is 5.94. The molecule has 1 aromatic heterocycles. The summed E-state index contributed by atoms with van der Waals surface area (Å²) in [6.07, 6.45) is 6.25. The Morgan fingerprint density at radius 2 is 1.93 bits per heavy atom. The summed E-state index contributed by atoms with van der Waals surface area (Å²) in [5.41, 5.74) is 1.91. The van der Waals surface area contributed by atoms with Crippen molar-refractivity contribution in [1.82, 2.24) is 15.2 Å². The van der Waals surface area contributed by atoms with E-state index in [0.717, 1.165) is 44.7 Å². The molecule has 2 aromatic rings. The average molecular weight is 367 g/mol. The van der Waals surface area contributed by atoms with E-state index in [1.54, 1.807) is 24.5 Å². The molecule has 0 spiro atoms. The molecule has 5 nitrogen and oxygen atoms in total. The first kappa shape index (κ1) is 19.4. The van der Waals surface area contributed by atoms with E-state index in [1.807, 2.05) is 17.0 Å². The van der Waals surface area contributed by atoms with Gasteiger partial charge in [0.05, 0.1) is 6.61 Å². The molecule has 1 N–H and O–H groups in total. The second-order valence-corrected chi connectivity index (χ2v) is 7.08. The van der Waals surface area contributed by atoms with Gasteiger partial charge in [0.1, 0.15) is 5.75 Å². The Morgan fingerprint density at radius 1 is 1.22 bits per heavy atom. The zero-order chi connectivity index (χ0) is 19.1. The number of likely N-dealkylation sites (tertiary alicyclic amines) is 1. The molecule has 144 valence electrons. The number of nitrogens with one attached hydrogen (secondary N) is 1. The summed E-state index contributed by atoms with van der Waals surface area (Å²) >= 11 is 0. The minimum Gasteiger partial charge on any atom is -0.493 e. The van der Waals surface area contributed by atoms with Crippen LogP contribution >= 0.6 is 0 Å². The summed E-state index contributed by atoms with van der Waals surface area (Å²) in [4.78, 5) is 18.5. The molecule has 0 aliphatic carbocycles. The van der Waals surface area contributed by atoms with Crippen LogP contribution in [-0.4, -0.2) is 41.5 Å². The summed E-state index contributed by atoms with van der Waals surface area (Å²) in [6.45, 7) is 6.59. The first-order valence-electron chi connectivity index (χ1n) is 9.86. The largest absolute Gasteiger partial charge is 0.493 e. The van der Waals surface area contributed by atoms with Crippen molar-refractivity contribution in [2.24, 2.45) is 0 Å². The number of aromatic nitrogens is 1. The first-order chi connectivity index (χ1) is 13.2. The summed E-state index contributed by atoms with van der Waals surface area (Å²) in [7, 11) is 0. The number of ether oxygens (including phenoxy) is 1. The number of rotatable bonds is 7. The Balaban J connectivity index is 1.54. The fourth-order valence-corrected chi connectivity index (χ4v) is 3.55. The Hall–Kier alpha value is -2.40. The molecule has 1 saturated heterocycles. The van der Waals surface area contributed by atoms with E-state index in [1.165, 1.54) is 5.56 Å². The fourth-order valence-electron chi connectivity index (χ4n) is 3.55. The van der Waals surface area contributed by atoms with Crippen LogP contribution < -0.4 is 10.1 Å². The van der Waals surface area contributed by atoms with Crippen LogP contribution in [0.15, 0.2) is 48.8 Å². The second-order valence-electron chi connectivity index (χ2n) is 7.08. The van der Waals surface area contributed by atoms with Gasteiger partial charge in [-0.2, -0.15) is 0 Å². The minimum absolute atomic E-state index is 0.0993. The fraction of sp³-hybridized carbons (Fsp3) is 0.455. The molecule has 0 bridgehead atoms. The van der Waals surface area contributed by atoms with Crippen molar-refractivity contribution in [2.45, 2.75) is 45.2 Å². The van der Waals surface area contributed by atoms with Gasteiger partial charge in [0.2, 0.25) is 0 Å². The summed E-state index contributed by atoms with van der Waals surface area (Å²) < 4.78 is 5.90. The Kier molecular flexibility index (Phi) is 6.82. The topological polar surface area (TPSA) is 54.5 Å². The number of amides is 1. The SMILES string of the molecule is CCCOc1ccccc1C(C)NC1CCN(C(=O)c2ccncc2)CC1. The zero-order valence-corrected chi connectivity index (χ0v) is 16.2. The third kappa shape index (κ3) is 5.07. The number of nitrogens with zero attached hydrogens (tertiary/aromatic N) is 2. The molecule has 1 aromatic carbocycles. The number of para-hydroxylation sites is 1. The lowest BCUT2D eigenvalue weighted by Crippen LogP contribution is -2.45. The van der Waals surface area contributed by atoms with E-state index >= 15 is 0 Å². The van der Waals surface area contributed by atoms with Gasteiger partial charge in [-0.25, -0.2) is 0 Å². The Labute approximate surface area is 161 Å². The van der Waals surface area contributed by atoms with Gasteiger partial charge in [0, 0.05) is 48.7 Å². The predicted octanol–water partition coefficient (Wildman–Crippen LogP) is 3.83. The van der Waals surface area contributed by atoms with Crippen LogP contribution in [0.2, 0.25) is 0 Å². The molecule has 1 aliphatic heterocycles. The number of hydrogen-bond acceptors (Lipinski definition) is 4. The Morgan fingerprint density at radius 3 is 2.63 bits per heavy atom. The second kappa shape index (κ2) is 9.51. The third-order valence-corrected chi connectivity index (χ3v) is 5.04. The maximum absolute atomic E-state index is 12.6. The molecule has 5 heteroatoms. The Bertz CT molecular complexity index is 727. The molecule has 1 unspecified atom stereocenters. The van der Waals surface area contributed by atoms with Crippen LogP contribution in [-0.2, 0) is 0 Å².